The number of rotatable bonds is 2. The molecule has 1 aliphatic rings. The van der Waals surface area contributed by atoms with Crippen LogP contribution in [0.3, 0.4) is 0 Å². The van der Waals surface area contributed by atoms with Gasteiger partial charge in [0, 0.05) is 18.7 Å². The number of carbonyl (C=O) groups is 2. The SMILES string of the molecule is Cc1cc(C(=O)NNC(=O)C2CC2)c2c(C)nn(C)c2n1. The van der Waals surface area contributed by atoms with Gasteiger partial charge in [0.2, 0.25) is 5.91 Å². The number of fused-ring (bicyclic) bond motifs is 1. The second kappa shape index (κ2) is 4.83. The van der Waals surface area contributed by atoms with E-state index in [1.54, 1.807) is 17.8 Å². The molecule has 1 saturated carbocycles. The lowest BCUT2D eigenvalue weighted by atomic mass is 10.1. The Morgan fingerprint density at radius 1 is 1.29 bits per heavy atom. The summed E-state index contributed by atoms with van der Waals surface area (Å²) in [5.41, 5.74) is 7.53. The third-order valence-electron chi connectivity index (χ3n) is 3.59. The van der Waals surface area contributed by atoms with Crippen molar-refractivity contribution in [2.75, 3.05) is 0 Å². The maximum Gasteiger partial charge on any atom is 0.270 e. The number of aromatic nitrogens is 3. The Labute approximate surface area is 121 Å². The minimum atomic E-state index is -0.351. The maximum atomic E-state index is 12.3. The van der Waals surface area contributed by atoms with Crippen LogP contribution < -0.4 is 10.9 Å². The molecule has 7 nitrogen and oxygen atoms in total. The van der Waals surface area contributed by atoms with E-state index in [4.69, 9.17) is 0 Å². The van der Waals surface area contributed by atoms with Gasteiger partial charge in [0.25, 0.3) is 5.91 Å². The molecule has 0 spiro atoms. The quantitative estimate of drug-likeness (QED) is 0.798. The molecule has 2 amide bonds. The summed E-state index contributed by atoms with van der Waals surface area (Å²) < 4.78 is 1.65. The van der Waals surface area contributed by atoms with E-state index in [0.29, 0.717) is 16.6 Å². The largest absolute Gasteiger partial charge is 0.273 e. The number of nitrogens with one attached hydrogen (secondary N) is 2. The monoisotopic (exact) mass is 287 g/mol. The molecule has 1 fully saturated rings. The van der Waals surface area contributed by atoms with Gasteiger partial charge in [0.15, 0.2) is 5.65 Å². The molecule has 3 rings (SSSR count). The van der Waals surface area contributed by atoms with Crippen molar-refractivity contribution in [3.05, 3.63) is 23.0 Å². The number of hydrogen-bond donors (Lipinski definition) is 2. The third-order valence-corrected chi connectivity index (χ3v) is 3.59. The highest BCUT2D eigenvalue weighted by Crippen LogP contribution is 2.28. The van der Waals surface area contributed by atoms with Crippen molar-refractivity contribution in [3.63, 3.8) is 0 Å². The van der Waals surface area contributed by atoms with Gasteiger partial charge in [-0.1, -0.05) is 0 Å². The molecule has 7 heteroatoms. The molecule has 0 saturated heterocycles. The van der Waals surface area contributed by atoms with E-state index < -0.39 is 0 Å². The number of amides is 2. The zero-order chi connectivity index (χ0) is 15.1. The molecule has 0 unspecified atom stereocenters. The first-order chi connectivity index (χ1) is 9.97. The lowest BCUT2D eigenvalue weighted by Gasteiger charge is -2.08. The highest BCUT2D eigenvalue weighted by atomic mass is 16.2. The first kappa shape index (κ1) is 13.5. The lowest BCUT2D eigenvalue weighted by Crippen LogP contribution is -2.42. The molecule has 2 N–H and O–H groups in total. The Balaban J connectivity index is 1.91. The molecule has 0 aromatic carbocycles. The van der Waals surface area contributed by atoms with Crippen LogP contribution in [0, 0.1) is 19.8 Å². The lowest BCUT2D eigenvalue weighted by molar-refractivity contribution is -0.123. The van der Waals surface area contributed by atoms with Crippen LogP contribution in [0.5, 0.6) is 0 Å². The summed E-state index contributed by atoms with van der Waals surface area (Å²) in [6.07, 6.45) is 1.78. The van der Waals surface area contributed by atoms with E-state index >= 15 is 0 Å². The fourth-order valence-corrected chi connectivity index (χ4v) is 2.38. The first-order valence-corrected chi connectivity index (χ1v) is 6.88. The third kappa shape index (κ3) is 2.46. The van der Waals surface area contributed by atoms with Crippen molar-refractivity contribution in [2.45, 2.75) is 26.7 Å². The van der Waals surface area contributed by atoms with Gasteiger partial charge in [0.1, 0.15) is 0 Å². The zero-order valence-corrected chi connectivity index (χ0v) is 12.2. The van der Waals surface area contributed by atoms with Gasteiger partial charge in [-0.05, 0) is 32.8 Å². The van der Waals surface area contributed by atoms with E-state index in [-0.39, 0.29) is 17.7 Å². The van der Waals surface area contributed by atoms with Crippen molar-refractivity contribution in [1.29, 1.82) is 0 Å². The standard InChI is InChI=1S/C14H17N5O2/c1-7-6-10(11-8(2)18-19(3)12(11)15-7)14(21)17-16-13(20)9-4-5-9/h6,9H,4-5H2,1-3H3,(H,16,20)(H,17,21). The van der Waals surface area contributed by atoms with E-state index in [1.165, 1.54) is 0 Å². The summed E-state index contributed by atoms with van der Waals surface area (Å²) in [5.74, 6) is -0.437. The number of aryl methyl sites for hydroxylation is 3. The average molecular weight is 287 g/mol. The number of nitrogens with zero attached hydrogens (tertiary/aromatic N) is 3. The van der Waals surface area contributed by atoms with Gasteiger partial charge >= 0.3 is 0 Å². The zero-order valence-electron chi connectivity index (χ0n) is 12.2. The van der Waals surface area contributed by atoms with Crippen LogP contribution in [0.1, 0.15) is 34.6 Å². The number of carbonyl (C=O) groups excluding carboxylic acids is 2. The second-order valence-electron chi connectivity index (χ2n) is 5.44. The predicted molar refractivity (Wildman–Crippen MR) is 76.3 cm³/mol. The molecule has 0 aliphatic heterocycles. The summed E-state index contributed by atoms with van der Waals surface area (Å²) in [6, 6.07) is 1.70. The Bertz CT molecular complexity index is 745. The van der Waals surface area contributed by atoms with Crippen molar-refractivity contribution < 1.29 is 9.59 Å². The molecule has 2 heterocycles. The summed E-state index contributed by atoms with van der Waals surface area (Å²) in [7, 11) is 1.79. The van der Waals surface area contributed by atoms with Crippen LogP contribution in [-0.4, -0.2) is 26.6 Å². The number of hydrogen-bond acceptors (Lipinski definition) is 4. The summed E-state index contributed by atoms with van der Waals surface area (Å²) in [4.78, 5) is 28.3. The maximum absolute atomic E-state index is 12.3. The molecule has 2 aromatic heterocycles. The van der Waals surface area contributed by atoms with Gasteiger partial charge in [-0.2, -0.15) is 5.10 Å². The van der Waals surface area contributed by atoms with Crippen LogP contribution in [0.4, 0.5) is 0 Å². The first-order valence-electron chi connectivity index (χ1n) is 6.88. The Morgan fingerprint density at radius 3 is 2.67 bits per heavy atom. The number of hydrazine groups is 1. The number of pyridine rings is 1. The van der Waals surface area contributed by atoms with E-state index in [1.807, 2.05) is 13.8 Å². The predicted octanol–water partition coefficient (Wildman–Crippen LogP) is 0.756. The van der Waals surface area contributed by atoms with Crippen LogP contribution in [-0.2, 0) is 11.8 Å². The Morgan fingerprint density at radius 2 is 2.00 bits per heavy atom. The van der Waals surface area contributed by atoms with E-state index in [9.17, 15) is 9.59 Å². The van der Waals surface area contributed by atoms with E-state index in [0.717, 1.165) is 24.2 Å². The highest BCUT2D eigenvalue weighted by Gasteiger charge is 2.30. The fourth-order valence-electron chi connectivity index (χ4n) is 2.38. The summed E-state index contributed by atoms with van der Waals surface area (Å²) in [6.45, 7) is 3.65. The molecule has 2 aromatic rings. The van der Waals surface area contributed by atoms with E-state index in [2.05, 4.69) is 20.9 Å². The minimum Gasteiger partial charge on any atom is -0.273 e. The van der Waals surface area contributed by atoms with Crippen molar-refractivity contribution in [3.8, 4) is 0 Å². The normalized spacial score (nSPS) is 14.2. The highest BCUT2D eigenvalue weighted by molar-refractivity contribution is 6.07. The smallest absolute Gasteiger partial charge is 0.270 e. The molecular weight excluding hydrogens is 270 g/mol. The molecule has 0 radical (unpaired) electrons. The molecule has 110 valence electrons. The van der Waals surface area contributed by atoms with Gasteiger partial charge < -0.3 is 0 Å². The van der Waals surface area contributed by atoms with Crippen LogP contribution in [0.2, 0.25) is 0 Å². The average Bonchev–Trinajstić information content (AvgIpc) is 3.23. The molecular formula is C14H17N5O2. The van der Waals surface area contributed by atoms with Crippen molar-refractivity contribution >= 4 is 22.8 Å². The van der Waals surface area contributed by atoms with Crippen LogP contribution in [0.15, 0.2) is 6.07 Å². The summed E-state index contributed by atoms with van der Waals surface area (Å²) in [5, 5.41) is 5.00. The molecule has 21 heavy (non-hydrogen) atoms. The van der Waals surface area contributed by atoms with Gasteiger partial charge in [-0.15, -0.1) is 0 Å². The van der Waals surface area contributed by atoms with Crippen molar-refractivity contribution in [2.24, 2.45) is 13.0 Å². The molecule has 0 bridgehead atoms. The van der Waals surface area contributed by atoms with Gasteiger partial charge in [-0.25, -0.2) is 4.98 Å². The Hall–Kier alpha value is -2.44. The van der Waals surface area contributed by atoms with Gasteiger partial charge in [-0.3, -0.25) is 25.1 Å². The Kier molecular flexibility index (Phi) is 3.12. The van der Waals surface area contributed by atoms with Crippen molar-refractivity contribution in [1.82, 2.24) is 25.6 Å². The topological polar surface area (TPSA) is 88.9 Å². The minimum absolute atomic E-state index is 0.0459. The van der Waals surface area contributed by atoms with Crippen LogP contribution in [0.25, 0.3) is 11.0 Å². The van der Waals surface area contributed by atoms with Gasteiger partial charge in [0.05, 0.1) is 16.6 Å². The molecule has 1 aliphatic carbocycles. The second-order valence-corrected chi connectivity index (χ2v) is 5.44. The van der Waals surface area contributed by atoms with Crippen LogP contribution >= 0.6 is 0 Å². The molecule has 0 atom stereocenters. The fraction of sp³-hybridized carbons (Fsp3) is 0.429. The summed E-state index contributed by atoms with van der Waals surface area (Å²) >= 11 is 0.